The summed E-state index contributed by atoms with van der Waals surface area (Å²) in [4.78, 5) is 27.2. The number of hydrogen-bond donors (Lipinski definition) is 2. The zero-order valence-electron chi connectivity index (χ0n) is 22.3. The van der Waals surface area contributed by atoms with E-state index in [1.54, 1.807) is 0 Å². The summed E-state index contributed by atoms with van der Waals surface area (Å²) in [5, 5.41) is 12.2. The third kappa shape index (κ3) is 6.08. The van der Waals surface area contributed by atoms with Gasteiger partial charge in [0, 0.05) is 36.5 Å². The molecular weight excluding hydrogens is 626 g/mol. The lowest BCUT2D eigenvalue weighted by Gasteiger charge is -2.36. The number of alkyl halides is 6. The van der Waals surface area contributed by atoms with Gasteiger partial charge in [-0.25, -0.2) is 8.42 Å². The van der Waals surface area contributed by atoms with E-state index in [-0.39, 0.29) is 33.3 Å². The highest BCUT2D eigenvalue weighted by Crippen LogP contribution is 2.50. The van der Waals surface area contributed by atoms with Crippen molar-refractivity contribution in [2.24, 2.45) is 0 Å². The predicted octanol–water partition coefficient (Wildman–Crippen LogP) is 5.81. The first-order valence-corrected chi connectivity index (χ1v) is 14.7. The molecule has 0 aromatic heterocycles. The average molecular weight is 649 g/mol. The fourth-order valence-electron chi connectivity index (χ4n) is 4.87. The van der Waals surface area contributed by atoms with E-state index < -0.39 is 51.2 Å². The van der Waals surface area contributed by atoms with E-state index in [1.807, 2.05) is 0 Å². The van der Waals surface area contributed by atoms with Gasteiger partial charge in [0.2, 0.25) is 5.91 Å². The Bertz CT molecular complexity index is 1680. The predicted molar refractivity (Wildman–Crippen MR) is 145 cm³/mol. The quantitative estimate of drug-likeness (QED) is 0.340. The van der Waals surface area contributed by atoms with Crippen molar-refractivity contribution in [3.05, 3.63) is 82.4 Å². The fraction of sp³-hybridized carbons (Fsp3) is 0.286. The van der Waals surface area contributed by atoms with Gasteiger partial charge in [0.1, 0.15) is 6.04 Å². The Kier molecular flexibility index (Phi) is 8.37. The van der Waals surface area contributed by atoms with E-state index in [9.17, 15) is 49.5 Å². The number of fused-ring (bicyclic) bond motifs is 1. The van der Waals surface area contributed by atoms with Gasteiger partial charge >= 0.3 is 12.4 Å². The van der Waals surface area contributed by atoms with Crippen molar-refractivity contribution in [1.29, 1.82) is 0 Å². The van der Waals surface area contributed by atoms with Gasteiger partial charge in [-0.05, 0) is 47.4 Å². The second kappa shape index (κ2) is 11.1. The minimum atomic E-state index is -6.03. The van der Waals surface area contributed by atoms with Crippen LogP contribution >= 0.6 is 11.6 Å². The number of benzene rings is 3. The monoisotopic (exact) mass is 648 g/mol. The van der Waals surface area contributed by atoms with E-state index in [0.717, 1.165) is 18.4 Å². The van der Waals surface area contributed by atoms with Crippen LogP contribution in [0.1, 0.15) is 29.7 Å². The number of hydrogen-bond acceptors (Lipinski definition) is 5. The number of rotatable bonds is 5. The molecule has 0 saturated heterocycles. The molecule has 15 heteroatoms. The summed E-state index contributed by atoms with van der Waals surface area (Å²) in [6.45, 7) is 1.44. The molecule has 0 radical (unpaired) electrons. The summed E-state index contributed by atoms with van der Waals surface area (Å²) >= 11 is 6.35. The molecule has 0 bridgehead atoms. The summed E-state index contributed by atoms with van der Waals surface area (Å²) in [5.41, 5.74) is -4.98. The SMILES string of the molecule is CC(=O)N1CCc2cc(S(C)(=O)=O)ccc2C1C(=O)Nc1ccc(-c2ccc(C(O)(C(F)(F)F)C(F)(F)F)cc2)c(Cl)c1. The number of halogens is 7. The summed E-state index contributed by atoms with van der Waals surface area (Å²) < 4.78 is 103. The minimum Gasteiger partial charge on any atom is -0.369 e. The molecule has 1 aliphatic heterocycles. The number of anilines is 1. The van der Waals surface area contributed by atoms with Crippen LogP contribution in [-0.2, 0) is 31.4 Å². The van der Waals surface area contributed by atoms with Crippen LogP contribution in [0.5, 0.6) is 0 Å². The second-order valence-corrected chi connectivity index (χ2v) is 12.4. The Hall–Kier alpha value is -3.62. The summed E-state index contributed by atoms with van der Waals surface area (Å²) in [5.74, 6) is -1.02. The molecule has 1 heterocycles. The molecule has 3 aromatic carbocycles. The molecule has 1 unspecified atom stereocenters. The van der Waals surface area contributed by atoms with Gasteiger partial charge in [0.05, 0.1) is 9.92 Å². The van der Waals surface area contributed by atoms with E-state index in [0.29, 0.717) is 29.7 Å². The van der Waals surface area contributed by atoms with Crippen molar-refractivity contribution < 1.29 is 49.5 Å². The normalized spacial score (nSPS) is 16.0. The molecule has 0 aliphatic carbocycles. The van der Waals surface area contributed by atoms with Crippen LogP contribution in [0.4, 0.5) is 32.0 Å². The first-order valence-electron chi connectivity index (χ1n) is 12.4. The Morgan fingerprint density at radius 3 is 2.07 bits per heavy atom. The Balaban J connectivity index is 1.61. The third-order valence-corrected chi connectivity index (χ3v) is 8.52. The van der Waals surface area contributed by atoms with Crippen molar-refractivity contribution in [3.8, 4) is 11.1 Å². The van der Waals surface area contributed by atoms with Gasteiger partial charge in [0.25, 0.3) is 11.5 Å². The molecule has 1 atom stereocenters. The first kappa shape index (κ1) is 32.3. The molecule has 4 rings (SSSR count). The lowest BCUT2D eigenvalue weighted by molar-refractivity contribution is -0.376. The molecule has 7 nitrogen and oxygen atoms in total. The molecule has 230 valence electrons. The zero-order valence-corrected chi connectivity index (χ0v) is 23.9. The number of nitrogens with zero attached hydrogens (tertiary/aromatic N) is 1. The van der Waals surface area contributed by atoms with Crippen LogP contribution in [-0.4, -0.2) is 55.4 Å². The molecule has 1 aliphatic rings. The molecule has 43 heavy (non-hydrogen) atoms. The molecule has 0 fully saturated rings. The summed E-state index contributed by atoms with van der Waals surface area (Å²) in [6.07, 6.45) is -10.7. The number of nitrogens with one attached hydrogen (secondary N) is 1. The first-order chi connectivity index (χ1) is 19.8. The highest BCUT2D eigenvalue weighted by molar-refractivity contribution is 7.90. The van der Waals surface area contributed by atoms with Gasteiger partial charge in [-0.15, -0.1) is 0 Å². The van der Waals surface area contributed by atoms with Gasteiger partial charge in [-0.2, -0.15) is 26.3 Å². The smallest absolute Gasteiger partial charge is 0.369 e. The summed E-state index contributed by atoms with van der Waals surface area (Å²) in [6, 6.07) is 10.1. The van der Waals surface area contributed by atoms with E-state index >= 15 is 0 Å². The Morgan fingerprint density at radius 1 is 0.953 bits per heavy atom. The number of amides is 2. The molecular formula is C28H23ClF6N2O5S. The maximum Gasteiger partial charge on any atom is 0.430 e. The zero-order chi connectivity index (χ0) is 32.1. The number of carbonyl (C=O) groups is 2. The second-order valence-electron chi connectivity index (χ2n) is 9.96. The number of sulfone groups is 1. The van der Waals surface area contributed by atoms with E-state index in [2.05, 4.69) is 5.32 Å². The standard InChI is InChI=1S/C28H23ClF6N2O5S/c1-15(38)37-12-11-17-13-20(43(2,41)42)8-10-22(17)24(37)25(39)36-19-7-9-21(23(29)14-19)16-3-5-18(6-4-16)26(40,27(30,31)32)28(33,34)35/h3-10,13-14,24,40H,11-12H2,1-2H3,(H,36,39). The van der Waals surface area contributed by atoms with Gasteiger partial charge in [-0.3, -0.25) is 9.59 Å². The van der Waals surface area contributed by atoms with Crippen molar-refractivity contribution >= 4 is 38.9 Å². The molecule has 0 spiro atoms. The fourth-order valence-corrected chi connectivity index (χ4v) is 5.83. The topological polar surface area (TPSA) is 104 Å². The largest absolute Gasteiger partial charge is 0.430 e. The molecule has 2 N–H and O–H groups in total. The maximum atomic E-state index is 13.4. The van der Waals surface area contributed by atoms with Crippen LogP contribution in [0, 0.1) is 0 Å². The van der Waals surface area contributed by atoms with Gasteiger partial charge < -0.3 is 15.3 Å². The molecule has 0 saturated carbocycles. The maximum absolute atomic E-state index is 13.4. The van der Waals surface area contributed by atoms with Crippen molar-refractivity contribution in [2.75, 3.05) is 18.1 Å². The van der Waals surface area contributed by atoms with Gasteiger partial charge in [-0.1, -0.05) is 48.0 Å². The number of carbonyl (C=O) groups excluding carboxylic acids is 2. The van der Waals surface area contributed by atoms with Crippen LogP contribution < -0.4 is 5.32 Å². The van der Waals surface area contributed by atoms with E-state index in [1.165, 1.54) is 48.2 Å². The molecule has 3 aromatic rings. The van der Waals surface area contributed by atoms with Crippen molar-refractivity contribution in [2.45, 2.75) is 42.2 Å². The van der Waals surface area contributed by atoms with Crippen molar-refractivity contribution in [1.82, 2.24) is 4.90 Å². The lowest BCUT2D eigenvalue weighted by atomic mass is 9.90. The van der Waals surface area contributed by atoms with E-state index in [4.69, 9.17) is 11.6 Å². The average Bonchev–Trinajstić information content (AvgIpc) is 2.90. The Morgan fingerprint density at radius 2 is 1.56 bits per heavy atom. The number of aliphatic hydroxyl groups is 1. The Labute approximate surface area is 247 Å². The van der Waals surface area contributed by atoms with Crippen LogP contribution in [0.2, 0.25) is 5.02 Å². The van der Waals surface area contributed by atoms with Crippen molar-refractivity contribution in [3.63, 3.8) is 0 Å². The minimum absolute atomic E-state index is 0.0160. The van der Waals surface area contributed by atoms with Crippen LogP contribution in [0.3, 0.4) is 0 Å². The highest BCUT2D eigenvalue weighted by atomic mass is 35.5. The highest BCUT2D eigenvalue weighted by Gasteiger charge is 2.71. The summed E-state index contributed by atoms with van der Waals surface area (Å²) in [7, 11) is -3.52. The third-order valence-electron chi connectivity index (χ3n) is 7.09. The van der Waals surface area contributed by atoms with Crippen LogP contribution in [0.25, 0.3) is 11.1 Å². The van der Waals surface area contributed by atoms with Crippen LogP contribution in [0.15, 0.2) is 65.6 Å². The lowest BCUT2D eigenvalue weighted by Crippen LogP contribution is -2.53. The van der Waals surface area contributed by atoms with Gasteiger partial charge in [0.15, 0.2) is 9.84 Å². The molecule has 2 amide bonds.